The average Bonchev–Trinajstić information content (AvgIpc) is 3.22. The number of halogens is 1. The van der Waals surface area contributed by atoms with E-state index in [-0.39, 0.29) is 11.8 Å². The summed E-state index contributed by atoms with van der Waals surface area (Å²) in [7, 11) is 1.85. The average molecular weight is 455 g/mol. The molecule has 1 aliphatic heterocycles. The number of hydrogen-bond acceptors (Lipinski definition) is 5. The Balaban J connectivity index is 1.39. The van der Waals surface area contributed by atoms with Crippen LogP contribution < -0.4 is 4.90 Å². The molecule has 29 heavy (non-hydrogen) atoms. The second-order valence-electron chi connectivity index (χ2n) is 7.33. The molecule has 3 aromatic rings. The molecule has 7 heteroatoms. The van der Waals surface area contributed by atoms with Crippen LogP contribution in [0.5, 0.6) is 0 Å². The SMILES string of the molecule is CN(C(=O)C1CCCN(Cc2nc(-c3ccc(Br)cc3)no2)C1)c1ccccc1. The Labute approximate surface area is 178 Å². The van der Waals surface area contributed by atoms with E-state index >= 15 is 0 Å². The monoisotopic (exact) mass is 454 g/mol. The van der Waals surface area contributed by atoms with Crippen LogP contribution in [0.15, 0.2) is 63.6 Å². The van der Waals surface area contributed by atoms with Gasteiger partial charge >= 0.3 is 0 Å². The number of anilines is 1. The zero-order valence-electron chi connectivity index (χ0n) is 16.3. The molecule has 0 N–H and O–H groups in total. The lowest BCUT2D eigenvalue weighted by Gasteiger charge is -2.33. The van der Waals surface area contributed by atoms with Crippen LogP contribution in [-0.4, -0.2) is 41.1 Å². The minimum absolute atomic E-state index is 0.0252. The predicted molar refractivity (Wildman–Crippen MR) is 115 cm³/mol. The standard InChI is InChI=1S/C22H23BrN4O2/c1-26(19-7-3-2-4-8-19)22(28)17-6-5-13-27(14-17)15-20-24-21(25-29-20)16-9-11-18(23)12-10-16/h2-4,7-12,17H,5-6,13-15H2,1H3. The molecule has 0 saturated carbocycles. The zero-order valence-corrected chi connectivity index (χ0v) is 17.9. The highest BCUT2D eigenvalue weighted by Crippen LogP contribution is 2.24. The number of nitrogens with zero attached hydrogens (tertiary/aromatic N) is 4. The van der Waals surface area contributed by atoms with Crippen molar-refractivity contribution >= 4 is 27.5 Å². The number of para-hydroxylation sites is 1. The molecule has 4 rings (SSSR count). The molecule has 1 fully saturated rings. The van der Waals surface area contributed by atoms with E-state index < -0.39 is 0 Å². The Bertz CT molecular complexity index is 958. The summed E-state index contributed by atoms with van der Waals surface area (Å²) in [5.74, 6) is 1.29. The molecule has 0 bridgehead atoms. The van der Waals surface area contributed by atoms with Gasteiger partial charge in [-0.3, -0.25) is 9.69 Å². The largest absolute Gasteiger partial charge is 0.338 e. The fourth-order valence-corrected chi connectivity index (χ4v) is 3.94. The summed E-state index contributed by atoms with van der Waals surface area (Å²) in [6.07, 6.45) is 1.88. The molecule has 0 spiro atoms. The molecule has 1 atom stereocenters. The number of likely N-dealkylation sites (tertiary alicyclic amines) is 1. The molecule has 1 saturated heterocycles. The number of carbonyl (C=O) groups excluding carboxylic acids is 1. The Kier molecular flexibility index (Phi) is 6.06. The van der Waals surface area contributed by atoms with Gasteiger partial charge in [-0.1, -0.05) is 39.3 Å². The molecule has 1 aromatic heterocycles. The van der Waals surface area contributed by atoms with Gasteiger partial charge in [0.05, 0.1) is 12.5 Å². The minimum Gasteiger partial charge on any atom is -0.338 e. The molecule has 0 radical (unpaired) electrons. The molecule has 150 valence electrons. The van der Waals surface area contributed by atoms with Gasteiger partial charge in [-0.2, -0.15) is 4.98 Å². The van der Waals surface area contributed by atoms with E-state index in [0.29, 0.717) is 24.8 Å². The van der Waals surface area contributed by atoms with Gasteiger partial charge in [0.1, 0.15) is 0 Å². The van der Waals surface area contributed by atoms with E-state index in [4.69, 9.17) is 4.52 Å². The minimum atomic E-state index is -0.0252. The Morgan fingerprint density at radius 3 is 2.72 bits per heavy atom. The molecule has 1 unspecified atom stereocenters. The Morgan fingerprint density at radius 2 is 1.97 bits per heavy atom. The van der Waals surface area contributed by atoms with Gasteiger partial charge < -0.3 is 9.42 Å². The molecular formula is C22H23BrN4O2. The second-order valence-corrected chi connectivity index (χ2v) is 8.24. The summed E-state index contributed by atoms with van der Waals surface area (Å²) in [4.78, 5) is 21.5. The third-order valence-corrected chi connectivity index (χ3v) is 5.79. The highest BCUT2D eigenvalue weighted by Gasteiger charge is 2.29. The molecule has 2 heterocycles. The first-order valence-corrected chi connectivity index (χ1v) is 10.5. The number of hydrogen-bond donors (Lipinski definition) is 0. The Hall–Kier alpha value is -2.51. The maximum Gasteiger partial charge on any atom is 0.241 e. The lowest BCUT2D eigenvalue weighted by Crippen LogP contribution is -2.43. The van der Waals surface area contributed by atoms with E-state index in [9.17, 15) is 4.79 Å². The van der Waals surface area contributed by atoms with Gasteiger partial charge in [0, 0.05) is 29.3 Å². The van der Waals surface area contributed by atoms with Crippen molar-refractivity contribution in [2.24, 2.45) is 5.92 Å². The lowest BCUT2D eigenvalue weighted by molar-refractivity contribution is -0.123. The highest BCUT2D eigenvalue weighted by atomic mass is 79.9. The number of carbonyl (C=O) groups is 1. The smallest absolute Gasteiger partial charge is 0.241 e. The summed E-state index contributed by atoms with van der Waals surface area (Å²) in [6, 6.07) is 17.6. The first-order chi connectivity index (χ1) is 14.1. The normalized spacial score (nSPS) is 17.2. The van der Waals surface area contributed by atoms with Crippen molar-refractivity contribution in [3.63, 3.8) is 0 Å². The maximum atomic E-state index is 13.0. The van der Waals surface area contributed by atoms with E-state index in [2.05, 4.69) is 31.0 Å². The van der Waals surface area contributed by atoms with E-state index in [1.807, 2.05) is 61.6 Å². The van der Waals surface area contributed by atoms with Crippen LogP contribution >= 0.6 is 15.9 Å². The van der Waals surface area contributed by atoms with Gasteiger partial charge in [0.2, 0.25) is 17.6 Å². The van der Waals surface area contributed by atoms with Crippen molar-refractivity contribution in [1.29, 1.82) is 0 Å². The third kappa shape index (κ3) is 4.74. The lowest BCUT2D eigenvalue weighted by atomic mass is 9.96. The topological polar surface area (TPSA) is 62.5 Å². The maximum absolute atomic E-state index is 13.0. The first-order valence-electron chi connectivity index (χ1n) is 9.73. The predicted octanol–water partition coefficient (Wildman–Crippen LogP) is 4.37. The highest BCUT2D eigenvalue weighted by molar-refractivity contribution is 9.10. The third-order valence-electron chi connectivity index (χ3n) is 5.26. The van der Waals surface area contributed by atoms with E-state index in [0.717, 1.165) is 35.1 Å². The molecule has 1 amide bonds. The van der Waals surface area contributed by atoms with Crippen LogP contribution in [0.1, 0.15) is 18.7 Å². The molecular weight excluding hydrogens is 432 g/mol. The van der Waals surface area contributed by atoms with Gasteiger partial charge in [0.15, 0.2) is 0 Å². The number of aromatic nitrogens is 2. The van der Waals surface area contributed by atoms with Gasteiger partial charge in [-0.25, -0.2) is 0 Å². The summed E-state index contributed by atoms with van der Waals surface area (Å²) in [5.41, 5.74) is 1.84. The van der Waals surface area contributed by atoms with Crippen LogP contribution in [-0.2, 0) is 11.3 Å². The Morgan fingerprint density at radius 1 is 1.21 bits per heavy atom. The molecule has 2 aromatic carbocycles. The fourth-order valence-electron chi connectivity index (χ4n) is 3.68. The second kappa shape index (κ2) is 8.88. The first kappa shape index (κ1) is 19.8. The number of amides is 1. The summed E-state index contributed by atoms with van der Waals surface area (Å²) < 4.78 is 6.46. The van der Waals surface area contributed by atoms with Crippen molar-refractivity contribution in [3.05, 3.63) is 65.0 Å². The van der Waals surface area contributed by atoms with Gasteiger partial charge in [-0.05, 0) is 55.8 Å². The fraction of sp³-hybridized carbons (Fsp3) is 0.318. The molecule has 6 nitrogen and oxygen atoms in total. The summed E-state index contributed by atoms with van der Waals surface area (Å²) in [5, 5.41) is 4.10. The van der Waals surface area contributed by atoms with Crippen molar-refractivity contribution < 1.29 is 9.32 Å². The van der Waals surface area contributed by atoms with Crippen LogP contribution in [0.2, 0.25) is 0 Å². The summed E-state index contributed by atoms with van der Waals surface area (Å²) in [6.45, 7) is 2.18. The number of benzene rings is 2. The quantitative estimate of drug-likeness (QED) is 0.572. The van der Waals surface area contributed by atoms with Crippen molar-refractivity contribution in [3.8, 4) is 11.4 Å². The summed E-state index contributed by atoms with van der Waals surface area (Å²) >= 11 is 3.43. The number of rotatable bonds is 5. The van der Waals surface area contributed by atoms with Gasteiger partial charge in [-0.15, -0.1) is 0 Å². The van der Waals surface area contributed by atoms with Crippen molar-refractivity contribution in [2.75, 3.05) is 25.0 Å². The van der Waals surface area contributed by atoms with E-state index in [1.165, 1.54) is 0 Å². The van der Waals surface area contributed by atoms with Crippen molar-refractivity contribution in [2.45, 2.75) is 19.4 Å². The molecule has 1 aliphatic rings. The van der Waals surface area contributed by atoms with Crippen LogP contribution in [0, 0.1) is 5.92 Å². The van der Waals surface area contributed by atoms with Crippen LogP contribution in [0.4, 0.5) is 5.69 Å². The molecule has 0 aliphatic carbocycles. The van der Waals surface area contributed by atoms with Gasteiger partial charge in [0.25, 0.3) is 0 Å². The van der Waals surface area contributed by atoms with Crippen molar-refractivity contribution in [1.82, 2.24) is 15.0 Å². The van der Waals surface area contributed by atoms with Crippen LogP contribution in [0.25, 0.3) is 11.4 Å². The van der Waals surface area contributed by atoms with Crippen LogP contribution in [0.3, 0.4) is 0 Å². The number of piperidine rings is 1. The van der Waals surface area contributed by atoms with E-state index in [1.54, 1.807) is 4.90 Å². The zero-order chi connectivity index (χ0) is 20.2.